The molecule has 1 amide bonds. The van der Waals surface area contributed by atoms with E-state index in [9.17, 15) is 4.79 Å². The van der Waals surface area contributed by atoms with Crippen molar-refractivity contribution >= 4 is 40.7 Å². The normalized spacial score (nSPS) is 22.5. The molecule has 1 heterocycles. The molecule has 1 fully saturated rings. The van der Waals surface area contributed by atoms with E-state index in [4.69, 9.17) is 34.8 Å². The SMILES string of the molecule is CC1(C)C(C=C(Cl)Cl)C1C(=O)NCCc1cccnc1Cl. The highest BCUT2D eigenvalue weighted by atomic mass is 35.5. The summed E-state index contributed by atoms with van der Waals surface area (Å²) in [5.74, 6) is 0.0229. The smallest absolute Gasteiger partial charge is 0.224 e. The summed E-state index contributed by atoms with van der Waals surface area (Å²) in [7, 11) is 0. The van der Waals surface area contributed by atoms with E-state index in [1.165, 1.54) is 0 Å². The van der Waals surface area contributed by atoms with Crippen LogP contribution in [0.25, 0.3) is 0 Å². The molecular weight excluding hydrogens is 331 g/mol. The van der Waals surface area contributed by atoms with Gasteiger partial charge in [0.1, 0.15) is 9.64 Å². The molecule has 1 aromatic heterocycles. The summed E-state index contributed by atoms with van der Waals surface area (Å²) in [5, 5.41) is 3.42. The minimum Gasteiger partial charge on any atom is -0.355 e. The van der Waals surface area contributed by atoms with E-state index in [0.717, 1.165) is 5.56 Å². The van der Waals surface area contributed by atoms with E-state index in [2.05, 4.69) is 10.3 Å². The average Bonchev–Trinajstić information content (AvgIpc) is 2.92. The van der Waals surface area contributed by atoms with E-state index in [0.29, 0.717) is 18.1 Å². The summed E-state index contributed by atoms with van der Waals surface area (Å²) in [5.41, 5.74) is 0.820. The Hall–Kier alpha value is -0.770. The second-order valence-corrected chi connectivity index (χ2v) is 7.14. The molecule has 1 N–H and O–H groups in total. The fourth-order valence-corrected chi connectivity index (χ4v) is 3.15. The van der Waals surface area contributed by atoms with Crippen LogP contribution in [0, 0.1) is 17.3 Å². The molecule has 1 aliphatic rings. The van der Waals surface area contributed by atoms with E-state index >= 15 is 0 Å². The maximum atomic E-state index is 12.2. The van der Waals surface area contributed by atoms with Crippen molar-refractivity contribution in [1.29, 1.82) is 0 Å². The Morgan fingerprint density at radius 1 is 1.48 bits per heavy atom. The summed E-state index contributed by atoms with van der Waals surface area (Å²) in [6.07, 6.45) is 4.04. The number of rotatable bonds is 5. The third-order valence-corrected chi connectivity index (χ3v) is 4.62. The molecule has 0 spiro atoms. The summed E-state index contributed by atoms with van der Waals surface area (Å²) >= 11 is 17.3. The summed E-state index contributed by atoms with van der Waals surface area (Å²) in [6.45, 7) is 4.60. The predicted molar refractivity (Wildman–Crippen MR) is 86.5 cm³/mol. The fraction of sp³-hybridized carbons (Fsp3) is 0.467. The van der Waals surface area contributed by atoms with Crippen LogP contribution >= 0.6 is 34.8 Å². The standard InChI is InChI=1S/C15H17Cl3N2O/c1-15(2)10(8-11(16)17)12(15)14(21)20-7-5-9-4-3-6-19-13(9)18/h3-4,6,8,10,12H,5,7H2,1-2H3,(H,20,21). The largest absolute Gasteiger partial charge is 0.355 e. The molecule has 1 saturated carbocycles. The maximum absolute atomic E-state index is 12.2. The first-order chi connectivity index (χ1) is 9.84. The third kappa shape index (κ3) is 3.91. The van der Waals surface area contributed by atoms with Crippen molar-refractivity contribution in [3.8, 4) is 0 Å². The van der Waals surface area contributed by atoms with Gasteiger partial charge in [-0.05, 0) is 35.5 Å². The van der Waals surface area contributed by atoms with Gasteiger partial charge in [0.15, 0.2) is 0 Å². The molecule has 1 aliphatic carbocycles. The Bertz CT molecular complexity index is 568. The van der Waals surface area contributed by atoms with Crippen molar-refractivity contribution < 1.29 is 4.79 Å². The van der Waals surface area contributed by atoms with Crippen molar-refractivity contribution in [3.05, 3.63) is 39.6 Å². The first kappa shape index (κ1) is 16.6. The molecule has 2 rings (SSSR count). The lowest BCUT2D eigenvalue weighted by atomic mass is 10.1. The van der Waals surface area contributed by atoms with Gasteiger partial charge in [-0.1, -0.05) is 54.7 Å². The molecule has 0 aromatic carbocycles. The Kier molecular flexibility index (Phi) is 5.18. The molecule has 2 unspecified atom stereocenters. The molecule has 3 nitrogen and oxygen atoms in total. The van der Waals surface area contributed by atoms with Gasteiger partial charge in [0.25, 0.3) is 0 Å². The van der Waals surface area contributed by atoms with Gasteiger partial charge in [0.05, 0.1) is 5.92 Å². The summed E-state index contributed by atoms with van der Waals surface area (Å²) in [4.78, 5) is 16.2. The quantitative estimate of drug-likeness (QED) is 0.818. The first-order valence-electron chi connectivity index (χ1n) is 6.74. The van der Waals surface area contributed by atoms with Gasteiger partial charge in [-0.25, -0.2) is 4.98 Å². The number of carbonyl (C=O) groups is 1. The third-order valence-electron chi connectivity index (χ3n) is 4.03. The predicted octanol–water partition coefficient (Wildman–Crippen LogP) is 3.98. The summed E-state index contributed by atoms with van der Waals surface area (Å²) in [6, 6.07) is 3.73. The molecule has 114 valence electrons. The van der Waals surface area contributed by atoms with Crippen molar-refractivity contribution in [2.24, 2.45) is 17.3 Å². The highest BCUT2D eigenvalue weighted by Crippen LogP contribution is 2.59. The number of hydrogen-bond acceptors (Lipinski definition) is 2. The van der Waals surface area contributed by atoms with Crippen molar-refractivity contribution in [3.63, 3.8) is 0 Å². The van der Waals surface area contributed by atoms with Gasteiger partial charge < -0.3 is 5.32 Å². The first-order valence-corrected chi connectivity index (χ1v) is 7.87. The minimum absolute atomic E-state index is 0.0239. The van der Waals surface area contributed by atoms with Crippen molar-refractivity contribution in [2.45, 2.75) is 20.3 Å². The lowest BCUT2D eigenvalue weighted by molar-refractivity contribution is -0.123. The zero-order valence-corrected chi connectivity index (χ0v) is 14.1. The zero-order valence-electron chi connectivity index (χ0n) is 11.9. The number of carbonyl (C=O) groups excluding carboxylic acids is 1. The molecule has 6 heteroatoms. The van der Waals surface area contributed by atoms with Crippen LogP contribution in [0.5, 0.6) is 0 Å². The van der Waals surface area contributed by atoms with Crippen LogP contribution in [0.4, 0.5) is 0 Å². The number of pyridine rings is 1. The van der Waals surface area contributed by atoms with E-state index in [1.54, 1.807) is 12.3 Å². The molecule has 0 bridgehead atoms. The maximum Gasteiger partial charge on any atom is 0.224 e. The molecule has 21 heavy (non-hydrogen) atoms. The Labute approximate surface area is 139 Å². The number of amides is 1. The van der Waals surface area contributed by atoms with E-state index < -0.39 is 0 Å². The van der Waals surface area contributed by atoms with Gasteiger partial charge in [-0.2, -0.15) is 0 Å². The second kappa shape index (κ2) is 6.55. The molecule has 0 radical (unpaired) electrons. The van der Waals surface area contributed by atoms with Crippen LogP contribution in [0.2, 0.25) is 5.15 Å². The van der Waals surface area contributed by atoms with Gasteiger partial charge in [0.2, 0.25) is 5.91 Å². The van der Waals surface area contributed by atoms with Crippen LogP contribution in [-0.2, 0) is 11.2 Å². The number of aromatic nitrogens is 1. The Balaban J connectivity index is 1.86. The number of allylic oxidation sites excluding steroid dienone is 1. The lowest BCUT2D eigenvalue weighted by Crippen LogP contribution is -2.28. The average molecular weight is 348 g/mol. The monoisotopic (exact) mass is 346 g/mol. The molecule has 0 aliphatic heterocycles. The molecule has 1 aromatic rings. The van der Waals surface area contributed by atoms with Gasteiger partial charge >= 0.3 is 0 Å². The van der Waals surface area contributed by atoms with Gasteiger partial charge in [-0.3, -0.25) is 4.79 Å². The zero-order chi connectivity index (χ0) is 15.6. The fourth-order valence-electron chi connectivity index (χ4n) is 2.66. The molecule has 2 atom stereocenters. The number of halogens is 3. The summed E-state index contributed by atoms with van der Waals surface area (Å²) < 4.78 is 0.213. The number of hydrogen-bond donors (Lipinski definition) is 1. The van der Waals surface area contributed by atoms with Crippen LogP contribution in [0.15, 0.2) is 28.9 Å². The Morgan fingerprint density at radius 2 is 2.19 bits per heavy atom. The number of nitrogens with zero attached hydrogens (tertiary/aromatic N) is 1. The highest BCUT2D eigenvalue weighted by Gasteiger charge is 2.60. The van der Waals surface area contributed by atoms with Gasteiger partial charge in [0, 0.05) is 12.7 Å². The van der Waals surface area contributed by atoms with Crippen molar-refractivity contribution in [1.82, 2.24) is 10.3 Å². The van der Waals surface area contributed by atoms with Crippen LogP contribution in [-0.4, -0.2) is 17.4 Å². The number of nitrogens with one attached hydrogen (secondary N) is 1. The topological polar surface area (TPSA) is 42.0 Å². The Morgan fingerprint density at radius 3 is 2.81 bits per heavy atom. The second-order valence-electron chi connectivity index (χ2n) is 5.78. The molecule has 0 saturated heterocycles. The lowest BCUT2D eigenvalue weighted by Gasteiger charge is -2.07. The van der Waals surface area contributed by atoms with Crippen LogP contribution in [0.3, 0.4) is 0 Å². The van der Waals surface area contributed by atoms with Crippen LogP contribution < -0.4 is 5.32 Å². The van der Waals surface area contributed by atoms with Gasteiger partial charge in [-0.15, -0.1) is 0 Å². The van der Waals surface area contributed by atoms with E-state index in [1.807, 2.05) is 26.0 Å². The van der Waals surface area contributed by atoms with Crippen LogP contribution in [0.1, 0.15) is 19.4 Å². The van der Waals surface area contributed by atoms with E-state index in [-0.39, 0.29) is 27.6 Å². The molecular formula is C15H17Cl3N2O. The highest BCUT2D eigenvalue weighted by molar-refractivity contribution is 6.55. The minimum atomic E-state index is -0.106. The van der Waals surface area contributed by atoms with Crippen molar-refractivity contribution in [2.75, 3.05) is 6.54 Å².